The lowest BCUT2D eigenvalue weighted by atomic mass is 9.92. The van der Waals surface area contributed by atoms with Gasteiger partial charge in [-0.1, -0.05) is 97.8 Å². The molecule has 0 amide bonds. The largest absolute Gasteiger partial charge is 0.356 e. The number of hydrogen-bond donors (Lipinski definition) is 1. The second-order valence-electron chi connectivity index (χ2n) is 8.63. The lowest BCUT2D eigenvalue weighted by molar-refractivity contribution is 0.921. The van der Waals surface area contributed by atoms with Crippen molar-refractivity contribution in [3.63, 3.8) is 0 Å². The Morgan fingerprint density at radius 1 is 0.419 bits per heavy atom. The highest BCUT2D eigenvalue weighted by Gasteiger charge is 2.10. The van der Waals surface area contributed by atoms with Crippen LogP contribution < -0.4 is 5.32 Å². The molecule has 2 atom stereocenters. The summed E-state index contributed by atoms with van der Waals surface area (Å²) in [6, 6.07) is 35.2. The molecule has 2 unspecified atom stereocenters. The van der Waals surface area contributed by atoms with Gasteiger partial charge in [-0.25, -0.2) is 0 Å². The van der Waals surface area contributed by atoms with Crippen LogP contribution in [-0.2, 0) is 0 Å². The third-order valence-corrected chi connectivity index (χ3v) is 6.26. The lowest BCUT2D eigenvalue weighted by Crippen LogP contribution is -1.98. The fraction of sp³-hybridized carbons (Fsp3) is 0.200. The van der Waals surface area contributed by atoms with Gasteiger partial charge in [-0.2, -0.15) is 0 Å². The Bertz CT molecular complexity index is 1010. The van der Waals surface area contributed by atoms with Crippen LogP contribution in [0.15, 0.2) is 97.1 Å². The van der Waals surface area contributed by atoms with Crippen LogP contribution in [0.5, 0.6) is 0 Å². The van der Waals surface area contributed by atoms with E-state index in [-0.39, 0.29) is 0 Å². The monoisotopic (exact) mass is 405 g/mol. The van der Waals surface area contributed by atoms with Crippen molar-refractivity contribution in [2.45, 2.75) is 39.5 Å². The van der Waals surface area contributed by atoms with E-state index < -0.39 is 0 Å². The quantitative estimate of drug-likeness (QED) is 0.340. The predicted octanol–water partition coefficient (Wildman–Crippen LogP) is 8.35. The van der Waals surface area contributed by atoms with Crippen molar-refractivity contribution in [2.75, 3.05) is 5.32 Å². The molecule has 4 aromatic carbocycles. The summed E-state index contributed by atoms with van der Waals surface area (Å²) in [6.45, 7) is 8.79. The zero-order chi connectivity index (χ0) is 21.8. The zero-order valence-electron chi connectivity index (χ0n) is 18.9. The smallest absolute Gasteiger partial charge is 0.0384 e. The van der Waals surface area contributed by atoms with Crippen molar-refractivity contribution in [1.29, 1.82) is 0 Å². The minimum absolute atomic E-state index is 0.386. The van der Waals surface area contributed by atoms with E-state index in [1.807, 2.05) is 0 Å². The summed E-state index contributed by atoms with van der Waals surface area (Å²) in [6.07, 6.45) is 0. The maximum absolute atomic E-state index is 3.53. The molecule has 0 aliphatic heterocycles. The zero-order valence-corrected chi connectivity index (χ0v) is 18.9. The number of rotatable bonds is 6. The maximum Gasteiger partial charge on any atom is 0.0384 e. The van der Waals surface area contributed by atoms with Crippen LogP contribution in [0.3, 0.4) is 0 Å². The summed E-state index contributed by atoms with van der Waals surface area (Å²) in [5, 5.41) is 3.53. The molecular formula is C30H31N. The average Bonchev–Trinajstić information content (AvgIpc) is 2.80. The molecule has 0 aliphatic carbocycles. The van der Waals surface area contributed by atoms with Gasteiger partial charge < -0.3 is 5.32 Å². The summed E-state index contributed by atoms with van der Waals surface area (Å²) in [5.41, 5.74) is 10.2. The summed E-state index contributed by atoms with van der Waals surface area (Å²) >= 11 is 0. The molecule has 4 rings (SSSR count). The van der Waals surface area contributed by atoms with Crippen LogP contribution in [-0.4, -0.2) is 0 Å². The number of hydrogen-bond acceptors (Lipinski definition) is 1. The van der Waals surface area contributed by atoms with Crippen molar-refractivity contribution < 1.29 is 0 Å². The Hall–Kier alpha value is -3.32. The highest BCUT2D eigenvalue weighted by atomic mass is 14.9. The topological polar surface area (TPSA) is 12.0 Å². The summed E-state index contributed by atoms with van der Waals surface area (Å²) in [5.74, 6) is 0.773. The molecule has 0 bridgehead atoms. The molecular weight excluding hydrogens is 374 g/mol. The molecule has 0 radical (unpaired) electrons. The molecule has 1 heteroatoms. The van der Waals surface area contributed by atoms with Gasteiger partial charge in [0.1, 0.15) is 0 Å². The molecule has 31 heavy (non-hydrogen) atoms. The van der Waals surface area contributed by atoms with Crippen LogP contribution >= 0.6 is 0 Å². The van der Waals surface area contributed by atoms with Crippen LogP contribution in [0.25, 0.3) is 0 Å². The van der Waals surface area contributed by atoms with Crippen LogP contribution in [0, 0.1) is 13.8 Å². The molecule has 0 aliphatic rings. The van der Waals surface area contributed by atoms with Crippen molar-refractivity contribution in [3.05, 3.63) is 130 Å². The molecule has 1 N–H and O–H groups in total. The third-order valence-electron chi connectivity index (χ3n) is 6.26. The number of benzene rings is 4. The van der Waals surface area contributed by atoms with E-state index >= 15 is 0 Å². The van der Waals surface area contributed by atoms with E-state index in [0.717, 1.165) is 11.4 Å². The Morgan fingerprint density at radius 2 is 0.677 bits per heavy atom. The summed E-state index contributed by atoms with van der Waals surface area (Å²) < 4.78 is 0. The Balaban J connectivity index is 1.42. The first-order valence-electron chi connectivity index (χ1n) is 11.1. The molecule has 1 nitrogen and oxygen atoms in total. The number of nitrogens with one attached hydrogen (secondary N) is 1. The van der Waals surface area contributed by atoms with E-state index in [0.29, 0.717) is 11.8 Å². The van der Waals surface area contributed by atoms with Gasteiger partial charge in [0.15, 0.2) is 0 Å². The van der Waals surface area contributed by atoms with E-state index in [9.17, 15) is 0 Å². The molecule has 4 aromatic rings. The molecule has 0 spiro atoms. The fourth-order valence-corrected chi connectivity index (χ4v) is 3.97. The van der Waals surface area contributed by atoms with Gasteiger partial charge >= 0.3 is 0 Å². The van der Waals surface area contributed by atoms with Crippen molar-refractivity contribution >= 4 is 11.4 Å². The minimum atomic E-state index is 0.386. The van der Waals surface area contributed by atoms with Gasteiger partial charge in [0.25, 0.3) is 0 Å². The van der Waals surface area contributed by atoms with E-state index in [4.69, 9.17) is 0 Å². The lowest BCUT2D eigenvalue weighted by Gasteiger charge is -2.15. The van der Waals surface area contributed by atoms with Crippen molar-refractivity contribution in [1.82, 2.24) is 0 Å². The van der Waals surface area contributed by atoms with Crippen molar-refractivity contribution in [3.8, 4) is 0 Å². The average molecular weight is 406 g/mol. The first-order valence-corrected chi connectivity index (χ1v) is 11.1. The predicted molar refractivity (Wildman–Crippen MR) is 134 cm³/mol. The van der Waals surface area contributed by atoms with E-state index in [1.165, 1.54) is 33.4 Å². The summed E-state index contributed by atoms with van der Waals surface area (Å²) in [7, 11) is 0. The molecule has 0 aromatic heterocycles. The normalized spacial score (nSPS) is 12.9. The maximum atomic E-state index is 3.53. The second-order valence-corrected chi connectivity index (χ2v) is 8.63. The Labute approximate surface area is 186 Å². The molecule has 0 fully saturated rings. The second kappa shape index (κ2) is 9.22. The summed E-state index contributed by atoms with van der Waals surface area (Å²) in [4.78, 5) is 0. The minimum Gasteiger partial charge on any atom is -0.356 e. The SMILES string of the molecule is Cc1ccc(C(C)c2ccc(Nc3ccc(C(C)c4ccc(C)cc4)cc3)cc2)cc1. The first kappa shape index (κ1) is 20.9. The highest BCUT2D eigenvalue weighted by molar-refractivity contribution is 5.60. The Morgan fingerprint density at radius 3 is 0.968 bits per heavy atom. The van der Waals surface area contributed by atoms with Crippen molar-refractivity contribution in [2.24, 2.45) is 0 Å². The van der Waals surface area contributed by atoms with Gasteiger partial charge in [0, 0.05) is 23.2 Å². The van der Waals surface area contributed by atoms with Crippen LogP contribution in [0.2, 0.25) is 0 Å². The van der Waals surface area contributed by atoms with Crippen LogP contribution in [0.4, 0.5) is 11.4 Å². The molecule has 156 valence electrons. The van der Waals surface area contributed by atoms with Crippen LogP contribution in [0.1, 0.15) is 59.1 Å². The molecule has 0 saturated carbocycles. The standard InChI is InChI=1S/C30H31N/c1-21-5-9-25(10-6-21)23(3)27-13-17-29(18-14-27)31-30-19-15-28(16-20-30)24(4)26-11-7-22(2)8-12-26/h5-20,23-24,31H,1-4H3. The highest BCUT2D eigenvalue weighted by Crippen LogP contribution is 2.28. The van der Waals surface area contributed by atoms with Gasteiger partial charge in [-0.3, -0.25) is 0 Å². The third kappa shape index (κ3) is 5.06. The number of aryl methyl sites for hydroxylation is 2. The molecule has 0 heterocycles. The first-order chi connectivity index (χ1) is 15.0. The Kier molecular flexibility index (Phi) is 6.23. The van der Waals surface area contributed by atoms with Gasteiger partial charge in [-0.05, 0) is 60.4 Å². The van der Waals surface area contributed by atoms with E-state index in [2.05, 4.69) is 130 Å². The van der Waals surface area contributed by atoms with Gasteiger partial charge in [0.05, 0.1) is 0 Å². The molecule has 0 saturated heterocycles. The van der Waals surface area contributed by atoms with Gasteiger partial charge in [-0.15, -0.1) is 0 Å². The van der Waals surface area contributed by atoms with Gasteiger partial charge in [0.2, 0.25) is 0 Å². The fourth-order valence-electron chi connectivity index (χ4n) is 3.97. The number of anilines is 2. The van der Waals surface area contributed by atoms with E-state index in [1.54, 1.807) is 0 Å².